The van der Waals surface area contributed by atoms with E-state index < -0.39 is 0 Å². The van der Waals surface area contributed by atoms with Gasteiger partial charge in [0, 0.05) is 17.3 Å². The standard InChI is InChI=1S/C18H17BrClN3O2/c1-12(13-6-8-14(19)9-7-13)22-23-18(25)11-10-17(24)21-16-5-3-2-4-15(16)20/h2-9H,10-11H2,1H3,(H,21,24)(H,23,25)/b22-12+. The Bertz CT molecular complexity index is 791. The Morgan fingerprint density at radius 2 is 1.68 bits per heavy atom. The molecule has 7 heteroatoms. The minimum absolute atomic E-state index is 0.0351. The van der Waals surface area contributed by atoms with E-state index in [9.17, 15) is 9.59 Å². The molecule has 2 amide bonds. The largest absolute Gasteiger partial charge is 0.325 e. The van der Waals surface area contributed by atoms with Gasteiger partial charge >= 0.3 is 0 Å². The average molecular weight is 423 g/mol. The number of hydrogen-bond donors (Lipinski definition) is 2. The third-order valence-electron chi connectivity index (χ3n) is 3.34. The molecule has 0 aromatic heterocycles. The number of carbonyl (C=O) groups is 2. The Labute approximate surface area is 159 Å². The van der Waals surface area contributed by atoms with Crippen molar-refractivity contribution in [3.05, 3.63) is 63.6 Å². The SMILES string of the molecule is C/C(=N\NC(=O)CCC(=O)Nc1ccccc1Cl)c1ccc(Br)cc1. The van der Waals surface area contributed by atoms with Crippen LogP contribution in [0, 0.1) is 0 Å². The lowest BCUT2D eigenvalue weighted by atomic mass is 10.1. The molecule has 130 valence electrons. The zero-order valence-electron chi connectivity index (χ0n) is 13.6. The van der Waals surface area contributed by atoms with Gasteiger partial charge in [0.25, 0.3) is 0 Å². The average Bonchev–Trinajstić information content (AvgIpc) is 2.60. The summed E-state index contributed by atoms with van der Waals surface area (Å²) >= 11 is 9.33. The van der Waals surface area contributed by atoms with Gasteiger partial charge in [-0.2, -0.15) is 5.10 Å². The Kier molecular flexibility index (Phi) is 7.16. The highest BCUT2D eigenvalue weighted by Gasteiger charge is 2.08. The fraction of sp³-hybridized carbons (Fsp3) is 0.167. The summed E-state index contributed by atoms with van der Waals surface area (Å²) < 4.78 is 0.970. The van der Waals surface area contributed by atoms with Crippen LogP contribution in [-0.4, -0.2) is 17.5 Å². The fourth-order valence-corrected chi connectivity index (χ4v) is 2.41. The van der Waals surface area contributed by atoms with Crippen LogP contribution in [0.25, 0.3) is 0 Å². The van der Waals surface area contributed by atoms with Crippen LogP contribution in [0.15, 0.2) is 58.1 Å². The molecule has 0 atom stereocenters. The van der Waals surface area contributed by atoms with E-state index in [1.54, 1.807) is 31.2 Å². The summed E-state index contributed by atoms with van der Waals surface area (Å²) in [5, 5.41) is 7.17. The molecule has 2 rings (SSSR count). The number of amides is 2. The fourth-order valence-electron chi connectivity index (χ4n) is 1.96. The van der Waals surface area contributed by atoms with Crippen molar-refractivity contribution in [1.82, 2.24) is 5.43 Å². The van der Waals surface area contributed by atoms with Crippen molar-refractivity contribution in [2.75, 3.05) is 5.32 Å². The lowest BCUT2D eigenvalue weighted by Gasteiger charge is -2.06. The van der Waals surface area contributed by atoms with Crippen molar-refractivity contribution in [3.63, 3.8) is 0 Å². The van der Waals surface area contributed by atoms with Crippen LogP contribution in [-0.2, 0) is 9.59 Å². The van der Waals surface area contributed by atoms with E-state index >= 15 is 0 Å². The van der Waals surface area contributed by atoms with Gasteiger partial charge in [0.1, 0.15) is 0 Å². The smallest absolute Gasteiger partial charge is 0.240 e. The number of para-hydroxylation sites is 1. The summed E-state index contributed by atoms with van der Waals surface area (Å²) in [5.41, 5.74) is 4.57. The maximum absolute atomic E-state index is 11.9. The number of benzene rings is 2. The highest BCUT2D eigenvalue weighted by Crippen LogP contribution is 2.20. The number of anilines is 1. The predicted molar refractivity (Wildman–Crippen MR) is 104 cm³/mol. The van der Waals surface area contributed by atoms with Crippen LogP contribution in [0.5, 0.6) is 0 Å². The maximum atomic E-state index is 11.9. The molecule has 0 fully saturated rings. The van der Waals surface area contributed by atoms with Gasteiger partial charge in [0.2, 0.25) is 11.8 Å². The maximum Gasteiger partial charge on any atom is 0.240 e. The predicted octanol–water partition coefficient (Wildman–Crippen LogP) is 4.36. The number of hydrazone groups is 1. The molecule has 5 nitrogen and oxygen atoms in total. The van der Waals surface area contributed by atoms with Crippen molar-refractivity contribution < 1.29 is 9.59 Å². The van der Waals surface area contributed by atoms with Crippen LogP contribution in [0.4, 0.5) is 5.69 Å². The van der Waals surface area contributed by atoms with E-state index in [1.165, 1.54) is 0 Å². The summed E-state index contributed by atoms with van der Waals surface area (Å²) in [6.07, 6.45) is 0.0807. The zero-order valence-corrected chi connectivity index (χ0v) is 15.9. The summed E-state index contributed by atoms with van der Waals surface area (Å²) in [4.78, 5) is 23.7. The molecule has 2 aromatic carbocycles. The molecule has 0 heterocycles. The summed E-state index contributed by atoms with van der Waals surface area (Å²) in [6.45, 7) is 1.80. The molecule has 0 saturated heterocycles. The molecule has 2 aromatic rings. The summed E-state index contributed by atoms with van der Waals surface area (Å²) in [6, 6.07) is 14.5. The molecule has 25 heavy (non-hydrogen) atoms. The van der Waals surface area contributed by atoms with E-state index in [0.717, 1.165) is 10.0 Å². The van der Waals surface area contributed by atoms with Gasteiger partial charge in [-0.1, -0.05) is 51.8 Å². The Hall–Kier alpha value is -2.18. The minimum atomic E-state index is -0.328. The molecular formula is C18H17BrClN3O2. The van der Waals surface area contributed by atoms with Gasteiger partial charge in [-0.25, -0.2) is 5.43 Å². The first-order chi connectivity index (χ1) is 12.0. The molecule has 0 aliphatic carbocycles. The van der Waals surface area contributed by atoms with Crippen LogP contribution >= 0.6 is 27.5 Å². The number of hydrogen-bond acceptors (Lipinski definition) is 3. The molecule has 0 aliphatic heterocycles. The number of nitrogens with zero attached hydrogens (tertiary/aromatic N) is 1. The van der Waals surface area contributed by atoms with Crippen molar-refractivity contribution in [2.45, 2.75) is 19.8 Å². The lowest BCUT2D eigenvalue weighted by Crippen LogP contribution is -2.21. The number of halogens is 2. The highest BCUT2D eigenvalue weighted by atomic mass is 79.9. The van der Waals surface area contributed by atoms with Crippen LogP contribution in [0.3, 0.4) is 0 Å². The Morgan fingerprint density at radius 1 is 1.04 bits per heavy atom. The molecule has 0 spiro atoms. The molecule has 0 aliphatic rings. The second kappa shape index (κ2) is 9.34. The van der Waals surface area contributed by atoms with E-state index in [1.807, 2.05) is 24.3 Å². The van der Waals surface area contributed by atoms with Crippen LogP contribution < -0.4 is 10.7 Å². The van der Waals surface area contributed by atoms with Crippen molar-refractivity contribution in [3.8, 4) is 0 Å². The number of carbonyl (C=O) groups excluding carboxylic acids is 2. The van der Waals surface area contributed by atoms with E-state index in [4.69, 9.17) is 11.6 Å². The molecular weight excluding hydrogens is 406 g/mol. The van der Waals surface area contributed by atoms with Crippen LogP contribution in [0.2, 0.25) is 5.02 Å². The van der Waals surface area contributed by atoms with Gasteiger partial charge in [0.15, 0.2) is 0 Å². The molecule has 0 bridgehead atoms. The van der Waals surface area contributed by atoms with Gasteiger partial charge in [-0.05, 0) is 36.8 Å². The minimum Gasteiger partial charge on any atom is -0.325 e. The second-order valence-corrected chi connectivity index (χ2v) is 6.59. The first-order valence-electron chi connectivity index (χ1n) is 7.59. The van der Waals surface area contributed by atoms with E-state index in [-0.39, 0.29) is 24.7 Å². The Balaban J connectivity index is 1.80. The van der Waals surface area contributed by atoms with Crippen molar-refractivity contribution >= 4 is 50.7 Å². The quantitative estimate of drug-likeness (QED) is 0.536. The zero-order chi connectivity index (χ0) is 18.2. The second-order valence-electron chi connectivity index (χ2n) is 5.27. The van der Waals surface area contributed by atoms with Crippen molar-refractivity contribution in [2.24, 2.45) is 5.10 Å². The molecule has 0 saturated carbocycles. The third kappa shape index (κ3) is 6.32. The van der Waals surface area contributed by atoms with E-state index in [0.29, 0.717) is 16.4 Å². The highest BCUT2D eigenvalue weighted by molar-refractivity contribution is 9.10. The molecule has 0 radical (unpaired) electrons. The topological polar surface area (TPSA) is 70.6 Å². The third-order valence-corrected chi connectivity index (χ3v) is 4.20. The first kappa shape index (κ1) is 19.1. The number of nitrogens with one attached hydrogen (secondary N) is 2. The van der Waals surface area contributed by atoms with Gasteiger partial charge in [-0.3, -0.25) is 9.59 Å². The molecule has 2 N–H and O–H groups in total. The van der Waals surface area contributed by atoms with Gasteiger partial charge in [0.05, 0.1) is 16.4 Å². The Morgan fingerprint density at radius 3 is 2.36 bits per heavy atom. The summed E-state index contributed by atoms with van der Waals surface area (Å²) in [7, 11) is 0. The normalized spacial score (nSPS) is 11.1. The van der Waals surface area contributed by atoms with Gasteiger partial charge in [-0.15, -0.1) is 0 Å². The van der Waals surface area contributed by atoms with Crippen LogP contribution in [0.1, 0.15) is 25.3 Å². The monoisotopic (exact) mass is 421 g/mol. The first-order valence-corrected chi connectivity index (χ1v) is 8.76. The van der Waals surface area contributed by atoms with Gasteiger partial charge < -0.3 is 5.32 Å². The lowest BCUT2D eigenvalue weighted by molar-refractivity contribution is -0.124. The number of rotatable bonds is 6. The van der Waals surface area contributed by atoms with E-state index in [2.05, 4.69) is 31.8 Å². The van der Waals surface area contributed by atoms with Crippen molar-refractivity contribution in [1.29, 1.82) is 0 Å². The molecule has 0 unspecified atom stereocenters. The summed E-state index contributed by atoms with van der Waals surface area (Å²) in [5.74, 6) is -0.609.